The zero-order valence-electron chi connectivity index (χ0n) is 15.3. The zero-order valence-corrected chi connectivity index (χ0v) is 17.7. The highest BCUT2D eigenvalue weighted by atomic mass is 127. The second-order valence-electron chi connectivity index (χ2n) is 6.38. The van der Waals surface area contributed by atoms with Gasteiger partial charge in [-0.15, -0.1) is 37.1 Å². The van der Waals surface area contributed by atoms with E-state index in [1.165, 1.54) is 24.3 Å². The van der Waals surface area contributed by atoms with E-state index in [0.29, 0.717) is 31.4 Å². The predicted molar refractivity (Wildman–Crippen MR) is 110 cm³/mol. The van der Waals surface area contributed by atoms with Gasteiger partial charge in [0.25, 0.3) is 0 Å². The number of morpholine rings is 1. The zero-order chi connectivity index (χ0) is 19.2. The van der Waals surface area contributed by atoms with Crippen LogP contribution in [-0.4, -0.2) is 56.1 Å². The molecular formula is C17H26F3IN4O2. The van der Waals surface area contributed by atoms with E-state index in [0.717, 1.165) is 13.1 Å². The minimum Gasteiger partial charge on any atom is -0.406 e. The van der Waals surface area contributed by atoms with Gasteiger partial charge in [-0.25, -0.2) is 0 Å². The quantitative estimate of drug-likeness (QED) is 0.355. The summed E-state index contributed by atoms with van der Waals surface area (Å²) < 4.78 is 45.7. The third-order valence-electron chi connectivity index (χ3n) is 4.09. The van der Waals surface area contributed by atoms with E-state index in [2.05, 4.69) is 33.8 Å². The van der Waals surface area contributed by atoms with Gasteiger partial charge < -0.3 is 20.5 Å². The van der Waals surface area contributed by atoms with Crippen molar-refractivity contribution in [3.8, 4) is 5.75 Å². The van der Waals surface area contributed by atoms with E-state index >= 15 is 0 Å². The number of alkyl halides is 3. The predicted octanol–water partition coefficient (Wildman–Crippen LogP) is 3.29. The number of halogens is 4. The number of anilines is 1. The Morgan fingerprint density at radius 1 is 1.26 bits per heavy atom. The van der Waals surface area contributed by atoms with Crippen LogP contribution in [0.4, 0.5) is 18.9 Å². The molecule has 0 bridgehead atoms. The average molecular weight is 502 g/mol. The number of nitrogens with one attached hydrogen (secondary N) is 1. The van der Waals surface area contributed by atoms with Crippen LogP contribution in [-0.2, 0) is 4.74 Å². The Hall–Kier alpha value is -1.27. The number of hydrogen-bond donors (Lipinski definition) is 2. The monoisotopic (exact) mass is 502 g/mol. The fraction of sp³-hybridized carbons (Fsp3) is 0.588. The number of aliphatic imine (C=N–C) groups is 1. The average Bonchev–Trinajstić information content (AvgIpc) is 2.56. The Morgan fingerprint density at radius 3 is 2.37 bits per heavy atom. The molecule has 0 aromatic heterocycles. The highest BCUT2D eigenvalue weighted by molar-refractivity contribution is 14.0. The van der Waals surface area contributed by atoms with Gasteiger partial charge in [-0.2, -0.15) is 0 Å². The van der Waals surface area contributed by atoms with Gasteiger partial charge in [0.05, 0.1) is 19.8 Å². The van der Waals surface area contributed by atoms with Crippen LogP contribution in [0.2, 0.25) is 0 Å². The summed E-state index contributed by atoms with van der Waals surface area (Å²) in [4.78, 5) is 6.73. The maximum Gasteiger partial charge on any atom is 0.573 e. The fourth-order valence-corrected chi connectivity index (χ4v) is 2.78. The Morgan fingerprint density at radius 2 is 1.85 bits per heavy atom. The van der Waals surface area contributed by atoms with Crippen LogP contribution in [0.15, 0.2) is 29.3 Å². The first-order valence-electron chi connectivity index (χ1n) is 8.49. The van der Waals surface area contributed by atoms with Crippen LogP contribution in [0.1, 0.15) is 13.8 Å². The lowest BCUT2D eigenvalue weighted by Crippen LogP contribution is -2.47. The number of nitrogens with zero attached hydrogens (tertiary/aromatic N) is 2. The second-order valence-corrected chi connectivity index (χ2v) is 6.38. The molecule has 27 heavy (non-hydrogen) atoms. The van der Waals surface area contributed by atoms with Crippen molar-refractivity contribution in [3.05, 3.63) is 24.3 Å². The largest absolute Gasteiger partial charge is 0.573 e. The highest BCUT2D eigenvalue weighted by Gasteiger charge is 2.31. The van der Waals surface area contributed by atoms with Crippen LogP contribution in [0.3, 0.4) is 0 Å². The Balaban J connectivity index is 0.00000364. The van der Waals surface area contributed by atoms with E-state index < -0.39 is 6.36 Å². The molecule has 1 atom stereocenters. The van der Waals surface area contributed by atoms with Crippen molar-refractivity contribution in [2.75, 3.05) is 38.2 Å². The third-order valence-corrected chi connectivity index (χ3v) is 4.09. The summed E-state index contributed by atoms with van der Waals surface area (Å²) >= 11 is 0. The van der Waals surface area contributed by atoms with Crippen molar-refractivity contribution in [2.45, 2.75) is 26.3 Å². The molecule has 0 spiro atoms. The molecule has 3 N–H and O–H groups in total. The third kappa shape index (κ3) is 8.52. The summed E-state index contributed by atoms with van der Waals surface area (Å²) in [6.07, 6.45) is -4.71. The number of benzene rings is 1. The van der Waals surface area contributed by atoms with Gasteiger partial charge in [0.15, 0.2) is 5.96 Å². The maximum absolute atomic E-state index is 12.2. The first kappa shape index (κ1) is 23.8. The molecule has 6 nitrogen and oxygen atoms in total. The molecule has 1 aromatic rings. The van der Waals surface area contributed by atoms with Crippen molar-refractivity contribution >= 4 is 35.6 Å². The summed E-state index contributed by atoms with van der Waals surface area (Å²) in [5, 5.41) is 2.88. The summed E-state index contributed by atoms with van der Waals surface area (Å²) in [5.41, 5.74) is 6.44. The van der Waals surface area contributed by atoms with Gasteiger partial charge in [0.1, 0.15) is 5.75 Å². The molecule has 0 saturated carbocycles. The summed E-state index contributed by atoms with van der Waals surface area (Å²) in [6.45, 7) is 7.97. The van der Waals surface area contributed by atoms with Gasteiger partial charge in [0.2, 0.25) is 0 Å². The number of rotatable bonds is 6. The van der Waals surface area contributed by atoms with Crippen LogP contribution >= 0.6 is 24.0 Å². The lowest BCUT2D eigenvalue weighted by atomic mass is 10.0. The minimum atomic E-state index is -4.71. The second kappa shape index (κ2) is 10.9. The standard InChI is InChI=1S/C17H25F3N4O2.HI/c1-12(2)15(24-7-9-25-10-8-24)11-22-16(21)23-13-3-5-14(6-4-13)26-17(18,19)20;/h3-6,12,15H,7-11H2,1-2H3,(H3,21,22,23);1H. The summed E-state index contributed by atoms with van der Waals surface area (Å²) in [5.74, 6) is 0.336. The van der Waals surface area contributed by atoms with Gasteiger partial charge >= 0.3 is 6.36 Å². The van der Waals surface area contributed by atoms with Crippen LogP contribution in [0.5, 0.6) is 5.75 Å². The molecule has 1 aliphatic rings. The van der Waals surface area contributed by atoms with Gasteiger partial charge in [-0.05, 0) is 30.2 Å². The molecule has 2 rings (SSSR count). The molecule has 154 valence electrons. The normalized spacial score (nSPS) is 17.3. The van der Waals surface area contributed by atoms with E-state index in [1.807, 2.05) is 0 Å². The smallest absolute Gasteiger partial charge is 0.406 e. The van der Waals surface area contributed by atoms with E-state index in [9.17, 15) is 13.2 Å². The summed E-state index contributed by atoms with van der Waals surface area (Å²) in [7, 11) is 0. The molecule has 1 unspecified atom stereocenters. The number of nitrogens with two attached hydrogens (primary N) is 1. The Bertz CT molecular complexity index is 591. The number of hydrogen-bond acceptors (Lipinski definition) is 4. The fourth-order valence-electron chi connectivity index (χ4n) is 2.78. The van der Waals surface area contributed by atoms with Crippen LogP contribution in [0.25, 0.3) is 0 Å². The first-order chi connectivity index (χ1) is 12.2. The molecule has 1 heterocycles. The van der Waals surface area contributed by atoms with E-state index in [4.69, 9.17) is 10.5 Å². The highest BCUT2D eigenvalue weighted by Crippen LogP contribution is 2.23. The summed E-state index contributed by atoms with van der Waals surface area (Å²) in [6, 6.07) is 5.58. The van der Waals surface area contributed by atoms with Crippen molar-refractivity contribution < 1.29 is 22.6 Å². The molecule has 1 saturated heterocycles. The number of ether oxygens (including phenoxy) is 2. The first-order valence-corrected chi connectivity index (χ1v) is 8.49. The van der Waals surface area contributed by atoms with Crippen LogP contribution in [0, 0.1) is 5.92 Å². The molecule has 0 radical (unpaired) electrons. The number of guanidine groups is 1. The SMILES string of the molecule is CC(C)C(CN=C(N)Nc1ccc(OC(F)(F)F)cc1)N1CCOCC1.I. The van der Waals surface area contributed by atoms with Crippen molar-refractivity contribution in [1.29, 1.82) is 0 Å². The topological polar surface area (TPSA) is 72.1 Å². The van der Waals surface area contributed by atoms with Crippen molar-refractivity contribution in [2.24, 2.45) is 16.6 Å². The van der Waals surface area contributed by atoms with Crippen molar-refractivity contribution in [3.63, 3.8) is 0 Å². The lowest BCUT2D eigenvalue weighted by Gasteiger charge is -2.36. The molecule has 0 aliphatic carbocycles. The van der Waals surface area contributed by atoms with Gasteiger partial charge in [0, 0.05) is 24.8 Å². The van der Waals surface area contributed by atoms with Crippen molar-refractivity contribution in [1.82, 2.24) is 4.90 Å². The van der Waals surface area contributed by atoms with Gasteiger partial charge in [-0.1, -0.05) is 13.8 Å². The Labute approximate surface area is 174 Å². The molecule has 1 aromatic carbocycles. The van der Waals surface area contributed by atoms with E-state index in [-0.39, 0.29) is 41.7 Å². The maximum atomic E-state index is 12.2. The minimum absolute atomic E-state index is 0. The lowest BCUT2D eigenvalue weighted by molar-refractivity contribution is -0.274. The molecule has 1 fully saturated rings. The molecule has 10 heteroatoms. The van der Waals surface area contributed by atoms with E-state index in [1.54, 1.807) is 0 Å². The van der Waals surface area contributed by atoms with Gasteiger partial charge in [-0.3, -0.25) is 9.89 Å². The molecule has 1 aliphatic heterocycles. The molecular weight excluding hydrogens is 476 g/mol. The Kier molecular flexibility index (Phi) is 9.60. The molecule has 0 amide bonds. The van der Waals surface area contributed by atoms with Crippen LogP contribution < -0.4 is 15.8 Å².